The van der Waals surface area contributed by atoms with Crippen molar-refractivity contribution in [3.63, 3.8) is 0 Å². The summed E-state index contributed by atoms with van der Waals surface area (Å²) in [6.07, 6.45) is 3.03. The van der Waals surface area contributed by atoms with Gasteiger partial charge in [-0.15, -0.1) is 0 Å². The van der Waals surface area contributed by atoms with Crippen LogP contribution in [0.4, 0.5) is 18.0 Å². The second-order valence-corrected chi connectivity index (χ2v) is 12.0. The molecule has 12 nitrogen and oxygen atoms in total. The highest BCUT2D eigenvalue weighted by Crippen LogP contribution is 2.46. The number of fused-ring (bicyclic) bond motifs is 2. The van der Waals surface area contributed by atoms with E-state index in [1.54, 1.807) is 26.1 Å². The maximum atomic E-state index is 13.7. The van der Waals surface area contributed by atoms with Crippen LogP contribution in [-0.2, 0) is 20.5 Å². The SMILES string of the molecule is CCOC(=O)[C@@]12C[C@H]1/C=C\CCCCN(C)C(=O)N[C@@H](CCOc1cc(-n3ccc(C(F)(F)F)n3)nc3c(Cl)c(OC)ccc13)C(=O)N2. The third-order valence-electron chi connectivity index (χ3n) is 8.28. The van der Waals surface area contributed by atoms with Crippen LogP contribution < -0.4 is 20.1 Å². The van der Waals surface area contributed by atoms with Crippen molar-refractivity contribution >= 4 is 40.4 Å². The van der Waals surface area contributed by atoms with Gasteiger partial charge in [0.25, 0.3) is 0 Å². The molecule has 3 amide bonds. The Bertz CT molecular complexity index is 1720. The standard InChI is InChI=1S/C32H36ClF3N6O6/c1-4-47-29(44)31-18-19(31)9-7-5-6-8-14-41(2)30(45)37-21(28(43)39-31)13-16-48-23-17-25(42-15-12-24(40-42)32(34,35)36)38-27-20(23)10-11-22(46-3)26(27)33/h7,9-12,15,17,19,21H,4-6,8,13-14,16,18H2,1-3H3,(H,37,45)(H,39,43)/b9-7-/t19-,21+,31-/m1/s1. The first kappa shape index (κ1) is 34.8. The van der Waals surface area contributed by atoms with Crippen molar-refractivity contribution in [3.05, 3.63) is 53.3 Å². The molecule has 1 aromatic carbocycles. The van der Waals surface area contributed by atoms with Gasteiger partial charge in [-0.1, -0.05) is 23.8 Å². The number of allylic oxidation sites excluding steroid dienone is 1. The summed E-state index contributed by atoms with van der Waals surface area (Å²) in [6.45, 7) is 2.16. The minimum Gasteiger partial charge on any atom is -0.495 e. The molecular weight excluding hydrogens is 657 g/mol. The molecular formula is C32H36ClF3N6O6. The van der Waals surface area contributed by atoms with Crippen LogP contribution in [0.5, 0.6) is 11.5 Å². The maximum Gasteiger partial charge on any atom is 0.435 e. The van der Waals surface area contributed by atoms with E-state index in [1.807, 2.05) is 12.2 Å². The van der Waals surface area contributed by atoms with Gasteiger partial charge in [0, 0.05) is 43.6 Å². The summed E-state index contributed by atoms with van der Waals surface area (Å²) in [6, 6.07) is 3.84. The number of ether oxygens (including phenoxy) is 3. The van der Waals surface area contributed by atoms with Crippen LogP contribution in [0.15, 0.2) is 42.6 Å². The molecule has 16 heteroatoms. The number of nitrogens with zero attached hydrogens (tertiary/aromatic N) is 4. The smallest absolute Gasteiger partial charge is 0.435 e. The number of hydrogen-bond acceptors (Lipinski definition) is 8. The first-order valence-corrected chi connectivity index (χ1v) is 15.9. The number of aromatic nitrogens is 3. The summed E-state index contributed by atoms with van der Waals surface area (Å²) in [4.78, 5) is 45.7. The van der Waals surface area contributed by atoms with Crippen molar-refractivity contribution in [1.82, 2.24) is 30.3 Å². The maximum absolute atomic E-state index is 13.7. The van der Waals surface area contributed by atoms with Gasteiger partial charge in [0.2, 0.25) is 5.91 Å². The van der Waals surface area contributed by atoms with E-state index in [4.69, 9.17) is 25.8 Å². The summed E-state index contributed by atoms with van der Waals surface area (Å²) in [5.74, 6) is -0.938. The Balaban J connectivity index is 1.43. The number of methoxy groups -OCH3 is 1. The predicted octanol–water partition coefficient (Wildman–Crippen LogP) is 5.06. The quantitative estimate of drug-likeness (QED) is 0.247. The summed E-state index contributed by atoms with van der Waals surface area (Å²) in [7, 11) is 3.04. The number of pyridine rings is 1. The van der Waals surface area contributed by atoms with Crippen molar-refractivity contribution < 1.29 is 41.8 Å². The molecule has 0 bridgehead atoms. The number of carbonyl (C=O) groups is 3. The molecule has 2 N–H and O–H groups in total. The highest BCUT2D eigenvalue weighted by Gasteiger charge is 2.61. The number of carbonyl (C=O) groups excluding carboxylic acids is 3. The molecule has 3 heterocycles. The normalized spacial score (nSPS) is 22.6. The van der Waals surface area contributed by atoms with Gasteiger partial charge >= 0.3 is 18.2 Å². The Kier molecular flexibility index (Phi) is 10.4. The summed E-state index contributed by atoms with van der Waals surface area (Å²) in [5.41, 5.74) is -2.17. The van der Waals surface area contributed by atoms with Crippen molar-refractivity contribution in [3.8, 4) is 17.3 Å². The van der Waals surface area contributed by atoms with Crippen molar-refractivity contribution in [2.24, 2.45) is 5.92 Å². The van der Waals surface area contributed by atoms with E-state index in [0.29, 0.717) is 18.4 Å². The molecule has 3 atom stereocenters. The highest BCUT2D eigenvalue weighted by atomic mass is 35.5. The topological polar surface area (TPSA) is 137 Å². The molecule has 1 aliphatic heterocycles. The Hall–Kier alpha value is -4.53. The van der Waals surface area contributed by atoms with Crippen LogP contribution in [0.3, 0.4) is 0 Å². The van der Waals surface area contributed by atoms with E-state index in [1.165, 1.54) is 18.1 Å². The van der Waals surface area contributed by atoms with Gasteiger partial charge in [-0.3, -0.25) is 4.79 Å². The lowest BCUT2D eigenvalue weighted by Crippen LogP contribution is -2.56. The number of benzene rings is 1. The Morgan fingerprint density at radius 1 is 1.19 bits per heavy atom. The highest BCUT2D eigenvalue weighted by molar-refractivity contribution is 6.36. The third-order valence-corrected chi connectivity index (χ3v) is 8.64. The monoisotopic (exact) mass is 692 g/mol. The zero-order valence-corrected chi connectivity index (χ0v) is 27.4. The largest absolute Gasteiger partial charge is 0.495 e. The van der Waals surface area contributed by atoms with Gasteiger partial charge in [0.1, 0.15) is 28.1 Å². The Labute approximate surface area is 279 Å². The number of amides is 3. The number of esters is 1. The summed E-state index contributed by atoms with van der Waals surface area (Å²) >= 11 is 6.54. The zero-order chi connectivity index (χ0) is 34.6. The molecule has 0 unspecified atom stereocenters. The number of hydrogen-bond donors (Lipinski definition) is 2. The van der Waals surface area contributed by atoms with Crippen molar-refractivity contribution in [2.45, 2.75) is 56.8 Å². The molecule has 48 heavy (non-hydrogen) atoms. The van der Waals surface area contributed by atoms with Crippen molar-refractivity contribution in [2.75, 3.05) is 33.9 Å². The molecule has 0 spiro atoms. The van der Waals surface area contributed by atoms with E-state index >= 15 is 0 Å². The molecule has 3 aromatic rings. The molecule has 5 rings (SSSR count). The molecule has 1 saturated carbocycles. The molecule has 258 valence electrons. The van der Waals surface area contributed by atoms with Crippen LogP contribution >= 0.6 is 11.6 Å². The van der Waals surface area contributed by atoms with Gasteiger partial charge in [0.05, 0.1) is 25.8 Å². The molecule has 2 aromatic heterocycles. The molecule has 0 saturated heterocycles. The molecule has 2 aliphatic rings. The van der Waals surface area contributed by atoms with Gasteiger partial charge in [0.15, 0.2) is 11.5 Å². The van der Waals surface area contributed by atoms with Crippen LogP contribution in [0.25, 0.3) is 16.7 Å². The summed E-state index contributed by atoms with van der Waals surface area (Å²) in [5, 5.41) is 9.72. The fraction of sp³-hybridized carbons (Fsp3) is 0.469. The fourth-order valence-electron chi connectivity index (χ4n) is 5.50. The van der Waals surface area contributed by atoms with E-state index in [9.17, 15) is 27.6 Å². The predicted molar refractivity (Wildman–Crippen MR) is 169 cm³/mol. The van der Waals surface area contributed by atoms with Crippen LogP contribution in [0.2, 0.25) is 5.02 Å². The van der Waals surface area contributed by atoms with Gasteiger partial charge in [-0.2, -0.15) is 18.3 Å². The first-order valence-electron chi connectivity index (χ1n) is 15.5. The molecule has 0 radical (unpaired) electrons. The third kappa shape index (κ3) is 7.45. The lowest BCUT2D eigenvalue weighted by molar-refractivity contribution is -0.149. The van der Waals surface area contributed by atoms with Gasteiger partial charge < -0.3 is 29.7 Å². The van der Waals surface area contributed by atoms with E-state index in [0.717, 1.165) is 36.2 Å². The average molecular weight is 693 g/mol. The lowest BCUT2D eigenvalue weighted by Gasteiger charge is -2.26. The van der Waals surface area contributed by atoms with E-state index in [2.05, 4.69) is 20.7 Å². The molecule has 1 aliphatic carbocycles. The minimum absolute atomic E-state index is 0.0157. The van der Waals surface area contributed by atoms with Gasteiger partial charge in [-0.05, 0) is 50.8 Å². The van der Waals surface area contributed by atoms with Crippen molar-refractivity contribution in [1.29, 1.82) is 0 Å². The van der Waals surface area contributed by atoms with E-state index in [-0.39, 0.29) is 53.4 Å². The van der Waals surface area contributed by atoms with Crippen LogP contribution in [0.1, 0.15) is 44.7 Å². The summed E-state index contributed by atoms with van der Waals surface area (Å²) < 4.78 is 57.5. The fourth-order valence-corrected chi connectivity index (χ4v) is 5.78. The number of halogens is 4. The minimum atomic E-state index is -4.67. The number of nitrogens with one attached hydrogen (secondary N) is 2. The average Bonchev–Trinajstić information content (AvgIpc) is 3.49. The Morgan fingerprint density at radius 2 is 1.98 bits per heavy atom. The second kappa shape index (κ2) is 14.3. The van der Waals surface area contributed by atoms with Crippen LogP contribution in [-0.4, -0.2) is 83.1 Å². The van der Waals surface area contributed by atoms with E-state index < -0.39 is 41.4 Å². The first-order chi connectivity index (χ1) is 22.9. The Morgan fingerprint density at radius 3 is 2.69 bits per heavy atom. The van der Waals surface area contributed by atoms with Crippen LogP contribution in [0, 0.1) is 5.92 Å². The lowest BCUT2D eigenvalue weighted by atomic mass is 10.1. The van der Waals surface area contributed by atoms with Gasteiger partial charge in [-0.25, -0.2) is 19.3 Å². The second-order valence-electron chi connectivity index (χ2n) is 11.6. The number of alkyl halides is 3. The zero-order valence-electron chi connectivity index (χ0n) is 26.6. The number of urea groups is 1. The number of rotatable bonds is 8. The molecule has 1 fully saturated rings.